The number of ether oxygens (including phenoxy) is 2. The third-order valence-corrected chi connectivity index (χ3v) is 4.54. The van der Waals surface area contributed by atoms with Crippen LogP contribution in [0.3, 0.4) is 0 Å². The van der Waals surface area contributed by atoms with E-state index < -0.39 is 0 Å². The van der Waals surface area contributed by atoms with Gasteiger partial charge in [0.2, 0.25) is 0 Å². The smallest absolute Gasteiger partial charge is 0.161 e. The van der Waals surface area contributed by atoms with E-state index in [9.17, 15) is 0 Å². The standard InChI is InChI=1S/C16H20N2O2S/c1-3-19-13-6-5-11(9-14(13)20-4-2)16-18-12-7-8-17-10-15(12)21-16/h5-6,9,17H,3-4,7-8,10H2,1-2H3. The van der Waals surface area contributed by atoms with Crippen LogP contribution in [0.4, 0.5) is 0 Å². The first-order chi connectivity index (χ1) is 10.3. The highest BCUT2D eigenvalue weighted by molar-refractivity contribution is 7.15. The first-order valence-electron chi connectivity index (χ1n) is 7.41. The second-order valence-electron chi connectivity index (χ2n) is 4.84. The number of nitrogens with one attached hydrogen (secondary N) is 1. The fourth-order valence-corrected chi connectivity index (χ4v) is 3.51. The first-order valence-corrected chi connectivity index (χ1v) is 8.22. The van der Waals surface area contributed by atoms with Crippen LogP contribution in [-0.4, -0.2) is 24.7 Å². The van der Waals surface area contributed by atoms with Gasteiger partial charge in [-0.05, 0) is 32.0 Å². The average Bonchev–Trinajstić information content (AvgIpc) is 2.93. The Morgan fingerprint density at radius 3 is 2.76 bits per heavy atom. The predicted octanol–water partition coefficient (Wildman–Crippen LogP) is 3.25. The minimum absolute atomic E-state index is 0.627. The Morgan fingerprint density at radius 1 is 1.19 bits per heavy atom. The summed E-state index contributed by atoms with van der Waals surface area (Å²) in [4.78, 5) is 6.13. The Hall–Kier alpha value is -1.59. The van der Waals surface area contributed by atoms with Gasteiger partial charge in [-0.2, -0.15) is 0 Å². The number of fused-ring (bicyclic) bond motifs is 1. The van der Waals surface area contributed by atoms with Gasteiger partial charge in [-0.25, -0.2) is 4.98 Å². The number of benzene rings is 1. The van der Waals surface area contributed by atoms with Crippen molar-refractivity contribution in [2.24, 2.45) is 0 Å². The van der Waals surface area contributed by atoms with E-state index >= 15 is 0 Å². The molecule has 1 aromatic heterocycles. The van der Waals surface area contributed by atoms with Crippen molar-refractivity contribution in [2.75, 3.05) is 19.8 Å². The minimum atomic E-state index is 0.627. The summed E-state index contributed by atoms with van der Waals surface area (Å²) < 4.78 is 11.3. The number of rotatable bonds is 5. The van der Waals surface area contributed by atoms with Gasteiger partial charge in [-0.15, -0.1) is 11.3 Å². The molecule has 0 amide bonds. The molecule has 1 N–H and O–H groups in total. The van der Waals surface area contributed by atoms with Crippen LogP contribution in [0, 0.1) is 0 Å². The van der Waals surface area contributed by atoms with Gasteiger partial charge >= 0.3 is 0 Å². The summed E-state index contributed by atoms with van der Waals surface area (Å²) >= 11 is 1.76. The number of hydrogen-bond acceptors (Lipinski definition) is 5. The SMILES string of the molecule is CCOc1ccc(-c2nc3c(s2)CNCC3)cc1OCC. The van der Waals surface area contributed by atoms with Gasteiger partial charge in [0.1, 0.15) is 5.01 Å². The molecule has 3 rings (SSSR count). The van der Waals surface area contributed by atoms with Gasteiger partial charge in [0.05, 0.1) is 18.9 Å². The predicted molar refractivity (Wildman–Crippen MR) is 85.3 cm³/mol. The zero-order valence-electron chi connectivity index (χ0n) is 12.4. The molecule has 1 aliphatic heterocycles. The molecule has 0 radical (unpaired) electrons. The van der Waals surface area contributed by atoms with Gasteiger partial charge in [-0.1, -0.05) is 0 Å². The van der Waals surface area contributed by atoms with Gasteiger partial charge < -0.3 is 14.8 Å². The number of aromatic nitrogens is 1. The van der Waals surface area contributed by atoms with Crippen LogP contribution in [0.15, 0.2) is 18.2 Å². The Kier molecular flexibility index (Phi) is 4.41. The molecule has 5 heteroatoms. The molecule has 4 nitrogen and oxygen atoms in total. The summed E-state index contributed by atoms with van der Waals surface area (Å²) in [7, 11) is 0. The van der Waals surface area contributed by atoms with Crippen molar-refractivity contribution in [1.82, 2.24) is 10.3 Å². The van der Waals surface area contributed by atoms with Crippen LogP contribution in [0.2, 0.25) is 0 Å². The van der Waals surface area contributed by atoms with E-state index in [1.165, 1.54) is 10.6 Å². The molecule has 0 aliphatic carbocycles. The number of nitrogens with zero attached hydrogens (tertiary/aromatic N) is 1. The minimum Gasteiger partial charge on any atom is -0.490 e. The monoisotopic (exact) mass is 304 g/mol. The van der Waals surface area contributed by atoms with Crippen molar-refractivity contribution in [3.05, 3.63) is 28.8 Å². The molecule has 21 heavy (non-hydrogen) atoms. The summed E-state index contributed by atoms with van der Waals surface area (Å²) in [6, 6.07) is 6.07. The molecule has 0 saturated heterocycles. The summed E-state index contributed by atoms with van der Waals surface area (Å²) in [6.45, 7) is 7.17. The highest BCUT2D eigenvalue weighted by Crippen LogP contribution is 2.36. The lowest BCUT2D eigenvalue weighted by molar-refractivity contribution is 0.288. The van der Waals surface area contributed by atoms with Gasteiger partial charge in [-0.3, -0.25) is 0 Å². The number of hydrogen-bond donors (Lipinski definition) is 1. The van der Waals surface area contributed by atoms with E-state index in [0.717, 1.165) is 41.6 Å². The van der Waals surface area contributed by atoms with Crippen molar-refractivity contribution < 1.29 is 9.47 Å². The van der Waals surface area contributed by atoms with Gasteiger partial charge in [0.15, 0.2) is 11.5 Å². The average molecular weight is 304 g/mol. The van der Waals surface area contributed by atoms with E-state index in [2.05, 4.69) is 11.4 Å². The van der Waals surface area contributed by atoms with Crippen molar-refractivity contribution in [3.8, 4) is 22.1 Å². The van der Waals surface area contributed by atoms with E-state index in [4.69, 9.17) is 14.5 Å². The molecular weight excluding hydrogens is 284 g/mol. The van der Waals surface area contributed by atoms with E-state index in [1.54, 1.807) is 11.3 Å². The second-order valence-corrected chi connectivity index (χ2v) is 5.93. The molecule has 2 heterocycles. The lowest BCUT2D eigenvalue weighted by atomic mass is 10.2. The fourth-order valence-electron chi connectivity index (χ4n) is 2.43. The molecule has 1 aromatic carbocycles. The van der Waals surface area contributed by atoms with Crippen LogP contribution in [0.5, 0.6) is 11.5 Å². The second kappa shape index (κ2) is 6.45. The molecule has 0 saturated carbocycles. The molecule has 0 spiro atoms. The largest absolute Gasteiger partial charge is 0.490 e. The molecule has 112 valence electrons. The Labute approximate surface area is 129 Å². The zero-order chi connectivity index (χ0) is 14.7. The summed E-state index contributed by atoms with van der Waals surface area (Å²) in [5.74, 6) is 1.59. The van der Waals surface area contributed by atoms with Gasteiger partial charge in [0.25, 0.3) is 0 Å². The third-order valence-electron chi connectivity index (χ3n) is 3.39. The lowest BCUT2D eigenvalue weighted by Crippen LogP contribution is -2.22. The Morgan fingerprint density at radius 2 is 2.00 bits per heavy atom. The first kappa shape index (κ1) is 14.4. The van der Waals surface area contributed by atoms with Gasteiger partial charge in [0, 0.05) is 30.0 Å². The summed E-state index contributed by atoms with van der Waals surface area (Å²) in [5.41, 5.74) is 2.34. The van der Waals surface area contributed by atoms with Crippen LogP contribution in [0.25, 0.3) is 10.6 Å². The van der Waals surface area contributed by atoms with E-state index in [0.29, 0.717) is 13.2 Å². The number of thiazole rings is 1. The summed E-state index contributed by atoms with van der Waals surface area (Å²) in [5, 5.41) is 4.45. The van der Waals surface area contributed by atoms with E-state index in [1.807, 2.05) is 26.0 Å². The molecule has 1 aliphatic rings. The molecule has 0 bridgehead atoms. The Balaban J connectivity index is 1.94. The highest BCUT2D eigenvalue weighted by Gasteiger charge is 2.16. The lowest BCUT2D eigenvalue weighted by Gasteiger charge is -2.11. The van der Waals surface area contributed by atoms with Crippen LogP contribution in [0.1, 0.15) is 24.4 Å². The zero-order valence-corrected chi connectivity index (χ0v) is 13.3. The summed E-state index contributed by atoms with van der Waals surface area (Å²) in [6.07, 6.45) is 1.02. The molecule has 0 unspecified atom stereocenters. The van der Waals surface area contributed by atoms with Crippen LogP contribution < -0.4 is 14.8 Å². The maximum Gasteiger partial charge on any atom is 0.161 e. The van der Waals surface area contributed by atoms with Crippen molar-refractivity contribution >= 4 is 11.3 Å². The maximum absolute atomic E-state index is 5.69. The highest BCUT2D eigenvalue weighted by atomic mass is 32.1. The third kappa shape index (κ3) is 3.04. The molecule has 2 aromatic rings. The molecule has 0 atom stereocenters. The normalized spacial score (nSPS) is 13.8. The van der Waals surface area contributed by atoms with Crippen LogP contribution in [-0.2, 0) is 13.0 Å². The van der Waals surface area contributed by atoms with Crippen molar-refractivity contribution in [3.63, 3.8) is 0 Å². The van der Waals surface area contributed by atoms with Crippen molar-refractivity contribution in [1.29, 1.82) is 0 Å². The maximum atomic E-state index is 5.69. The van der Waals surface area contributed by atoms with Crippen molar-refractivity contribution in [2.45, 2.75) is 26.8 Å². The quantitative estimate of drug-likeness (QED) is 0.921. The Bertz CT molecular complexity index is 601. The topological polar surface area (TPSA) is 43.4 Å². The van der Waals surface area contributed by atoms with E-state index in [-0.39, 0.29) is 0 Å². The fraction of sp³-hybridized carbons (Fsp3) is 0.438. The van der Waals surface area contributed by atoms with Crippen LogP contribution >= 0.6 is 11.3 Å². The molecule has 0 fully saturated rings. The molecular formula is C16H20N2O2S.